The number of benzene rings is 2. The van der Waals surface area contributed by atoms with Gasteiger partial charge in [-0.15, -0.1) is 11.3 Å². The molecule has 0 fully saturated rings. The first-order valence-electron chi connectivity index (χ1n) is 9.04. The summed E-state index contributed by atoms with van der Waals surface area (Å²) >= 11 is 1.37. The second-order valence-electron chi connectivity index (χ2n) is 6.57. The largest absolute Gasteiger partial charge is 0.493 e. The molecule has 1 aromatic heterocycles. The molecular weight excluding hydrogens is 408 g/mol. The lowest BCUT2D eigenvalue weighted by Crippen LogP contribution is -2.28. The van der Waals surface area contributed by atoms with Crippen LogP contribution in [-0.4, -0.2) is 50.7 Å². The minimum Gasteiger partial charge on any atom is -0.493 e. The molecule has 1 heterocycles. The maximum absolute atomic E-state index is 12.6. The number of hydrogen-bond acceptors (Lipinski definition) is 6. The highest BCUT2D eigenvalue weighted by Crippen LogP contribution is 2.25. The van der Waals surface area contributed by atoms with Crippen molar-refractivity contribution >= 4 is 27.1 Å². The molecule has 0 aliphatic rings. The standard InChI is InChI=1S/C21H22N2O4S2/c1-23(12-7-13-27-17-10-6-11-18(14-17)29(2,25)26)21(24)19-15-22-20(28-19)16-8-4-3-5-9-16/h3-6,8-11,14-15H,7,12-13H2,1-2H3. The lowest BCUT2D eigenvalue weighted by molar-refractivity contribution is 0.0792. The predicted octanol–water partition coefficient (Wildman–Crippen LogP) is 3.75. The number of nitrogens with zero attached hydrogens (tertiary/aromatic N) is 2. The average Bonchev–Trinajstić information content (AvgIpc) is 3.21. The first-order chi connectivity index (χ1) is 13.8. The highest BCUT2D eigenvalue weighted by atomic mass is 32.2. The maximum Gasteiger partial charge on any atom is 0.265 e. The quantitative estimate of drug-likeness (QED) is 0.509. The summed E-state index contributed by atoms with van der Waals surface area (Å²) in [4.78, 5) is 19.4. The van der Waals surface area contributed by atoms with Crippen LogP contribution in [0.25, 0.3) is 10.6 Å². The van der Waals surface area contributed by atoms with Crippen LogP contribution in [0.2, 0.25) is 0 Å². The maximum atomic E-state index is 12.6. The highest BCUT2D eigenvalue weighted by Gasteiger charge is 2.16. The Kier molecular flexibility index (Phi) is 6.66. The summed E-state index contributed by atoms with van der Waals surface area (Å²) in [6.45, 7) is 0.895. The number of aromatic nitrogens is 1. The van der Waals surface area contributed by atoms with Crippen molar-refractivity contribution in [1.29, 1.82) is 0 Å². The average molecular weight is 431 g/mol. The van der Waals surface area contributed by atoms with Crippen LogP contribution in [0.1, 0.15) is 16.1 Å². The summed E-state index contributed by atoms with van der Waals surface area (Å²) < 4.78 is 28.8. The summed E-state index contributed by atoms with van der Waals surface area (Å²) in [5.74, 6) is 0.417. The zero-order valence-corrected chi connectivity index (χ0v) is 17.9. The number of hydrogen-bond donors (Lipinski definition) is 0. The van der Waals surface area contributed by atoms with Crippen molar-refractivity contribution in [1.82, 2.24) is 9.88 Å². The SMILES string of the molecule is CN(CCCOc1cccc(S(C)(=O)=O)c1)C(=O)c1cnc(-c2ccccc2)s1. The van der Waals surface area contributed by atoms with Gasteiger partial charge in [0.25, 0.3) is 5.91 Å². The van der Waals surface area contributed by atoms with Gasteiger partial charge in [0, 0.05) is 25.4 Å². The number of amides is 1. The van der Waals surface area contributed by atoms with E-state index in [2.05, 4.69) is 4.98 Å². The van der Waals surface area contributed by atoms with E-state index in [1.165, 1.54) is 23.5 Å². The van der Waals surface area contributed by atoms with Crippen molar-refractivity contribution in [2.75, 3.05) is 26.5 Å². The van der Waals surface area contributed by atoms with Crippen LogP contribution in [0.4, 0.5) is 0 Å². The molecule has 0 aliphatic heterocycles. The van der Waals surface area contributed by atoms with Gasteiger partial charge in [0.1, 0.15) is 15.6 Å². The third kappa shape index (κ3) is 5.65. The minimum absolute atomic E-state index is 0.0799. The van der Waals surface area contributed by atoms with Crippen LogP contribution in [-0.2, 0) is 9.84 Å². The Balaban J connectivity index is 1.50. The molecular formula is C21H22N2O4S2. The van der Waals surface area contributed by atoms with Gasteiger partial charge in [0.05, 0.1) is 17.7 Å². The van der Waals surface area contributed by atoms with E-state index in [1.54, 1.807) is 30.3 Å². The van der Waals surface area contributed by atoms with Gasteiger partial charge < -0.3 is 9.64 Å². The Hall–Kier alpha value is -2.71. The molecule has 0 spiro atoms. The van der Waals surface area contributed by atoms with Gasteiger partial charge in [-0.25, -0.2) is 13.4 Å². The Morgan fingerprint density at radius 2 is 1.90 bits per heavy atom. The molecule has 152 valence electrons. The predicted molar refractivity (Wildman–Crippen MR) is 114 cm³/mol. The number of thiazole rings is 1. The Morgan fingerprint density at radius 3 is 2.62 bits per heavy atom. The van der Waals surface area contributed by atoms with Crippen LogP contribution in [0.5, 0.6) is 5.75 Å². The minimum atomic E-state index is -3.27. The van der Waals surface area contributed by atoms with E-state index in [-0.39, 0.29) is 10.8 Å². The number of ether oxygens (including phenoxy) is 1. The first-order valence-corrected chi connectivity index (χ1v) is 11.7. The smallest absolute Gasteiger partial charge is 0.265 e. The summed E-state index contributed by atoms with van der Waals surface area (Å²) in [5.41, 5.74) is 0.990. The summed E-state index contributed by atoms with van der Waals surface area (Å²) in [6.07, 6.45) is 3.39. The zero-order chi connectivity index (χ0) is 20.9. The van der Waals surface area contributed by atoms with Gasteiger partial charge in [-0.1, -0.05) is 36.4 Å². The van der Waals surface area contributed by atoms with Crippen LogP contribution in [0.15, 0.2) is 65.7 Å². The second-order valence-corrected chi connectivity index (χ2v) is 9.62. The van der Waals surface area contributed by atoms with Gasteiger partial charge in [0.15, 0.2) is 9.84 Å². The molecule has 3 rings (SSSR count). The van der Waals surface area contributed by atoms with Crippen molar-refractivity contribution in [2.45, 2.75) is 11.3 Å². The summed E-state index contributed by atoms with van der Waals surface area (Å²) in [6, 6.07) is 16.2. The van der Waals surface area contributed by atoms with Crippen molar-refractivity contribution < 1.29 is 17.9 Å². The van der Waals surface area contributed by atoms with E-state index in [9.17, 15) is 13.2 Å². The number of carbonyl (C=O) groups is 1. The molecule has 29 heavy (non-hydrogen) atoms. The van der Waals surface area contributed by atoms with Crippen LogP contribution >= 0.6 is 11.3 Å². The third-order valence-corrected chi connectivity index (χ3v) is 6.37. The topological polar surface area (TPSA) is 76.6 Å². The van der Waals surface area contributed by atoms with E-state index in [0.717, 1.165) is 16.8 Å². The van der Waals surface area contributed by atoms with Gasteiger partial charge in [-0.3, -0.25) is 4.79 Å². The Labute approximate surface area is 174 Å². The first kappa shape index (κ1) is 21.0. The van der Waals surface area contributed by atoms with Gasteiger partial charge in [0.2, 0.25) is 0 Å². The third-order valence-electron chi connectivity index (χ3n) is 4.22. The normalized spacial score (nSPS) is 11.2. The highest BCUT2D eigenvalue weighted by molar-refractivity contribution is 7.90. The number of carbonyl (C=O) groups excluding carboxylic acids is 1. The van der Waals surface area contributed by atoms with E-state index >= 15 is 0 Å². The molecule has 8 heteroatoms. The van der Waals surface area contributed by atoms with Crippen molar-refractivity contribution in [3.63, 3.8) is 0 Å². The van der Waals surface area contributed by atoms with E-state index < -0.39 is 9.84 Å². The van der Waals surface area contributed by atoms with Gasteiger partial charge in [-0.05, 0) is 24.6 Å². The second kappa shape index (κ2) is 9.19. The molecule has 0 atom stereocenters. The molecule has 3 aromatic rings. The molecule has 0 unspecified atom stereocenters. The molecule has 1 amide bonds. The fraction of sp³-hybridized carbons (Fsp3) is 0.238. The molecule has 0 radical (unpaired) electrons. The van der Waals surface area contributed by atoms with E-state index in [1.807, 2.05) is 30.3 Å². The molecule has 0 N–H and O–H groups in total. The van der Waals surface area contributed by atoms with Gasteiger partial charge in [-0.2, -0.15) is 0 Å². The molecule has 0 aliphatic carbocycles. The lowest BCUT2D eigenvalue weighted by atomic mass is 10.2. The van der Waals surface area contributed by atoms with Gasteiger partial charge >= 0.3 is 0 Å². The number of sulfone groups is 1. The monoisotopic (exact) mass is 430 g/mol. The molecule has 0 bridgehead atoms. The van der Waals surface area contributed by atoms with Crippen molar-refractivity contribution in [3.05, 3.63) is 65.7 Å². The van der Waals surface area contributed by atoms with Crippen molar-refractivity contribution in [3.8, 4) is 16.3 Å². The van der Waals surface area contributed by atoms with Crippen molar-refractivity contribution in [2.24, 2.45) is 0 Å². The molecule has 0 saturated carbocycles. The summed E-state index contributed by atoms with van der Waals surface area (Å²) in [5, 5.41) is 0.816. The van der Waals surface area contributed by atoms with E-state index in [4.69, 9.17) is 4.74 Å². The van der Waals surface area contributed by atoms with Crippen LogP contribution in [0, 0.1) is 0 Å². The van der Waals surface area contributed by atoms with Crippen LogP contribution in [0.3, 0.4) is 0 Å². The molecule has 0 saturated heterocycles. The Morgan fingerprint density at radius 1 is 1.14 bits per heavy atom. The Bertz CT molecular complexity index is 1080. The zero-order valence-electron chi connectivity index (χ0n) is 16.2. The summed E-state index contributed by atoms with van der Waals surface area (Å²) in [7, 11) is -1.52. The molecule has 6 nitrogen and oxygen atoms in total. The number of rotatable bonds is 8. The lowest BCUT2D eigenvalue weighted by Gasteiger charge is -2.16. The molecule has 2 aromatic carbocycles. The van der Waals surface area contributed by atoms with E-state index in [0.29, 0.717) is 30.2 Å². The fourth-order valence-corrected chi connectivity index (χ4v) is 4.24. The van der Waals surface area contributed by atoms with Crippen LogP contribution < -0.4 is 4.74 Å². The fourth-order valence-electron chi connectivity index (χ4n) is 2.66.